The van der Waals surface area contributed by atoms with Crippen LogP contribution in [0.3, 0.4) is 0 Å². The Labute approximate surface area is 336 Å². The van der Waals surface area contributed by atoms with Gasteiger partial charge in [0.15, 0.2) is 5.78 Å². The van der Waals surface area contributed by atoms with Crippen molar-refractivity contribution in [3.05, 3.63) is 69.9 Å². The van der Waals surface area contributed by atoms with Gasteiger partial charge in [-0.15, -0.1) is 46.3 Å². The van der Waals surface area contributed by atoms with Gasteiger partial charge in [-0.2, -0.15) is 11.3 Å². The minimum atomic E-state index is -0.337. The molecule has 52 heavy (non-hydrogen) atoms. The number of hydrogen-bond donors (Lipinski definition) is 1. The fourth-order valence-electron chi connectivity index (χ4n) is 6.63. The minimum absolute atomic E-state index is 0. The summed E-state index contributed by atoms with van der Waals surface area (Å²) in [5.41, 5.74) is 4.27. The summed E-state index contributed by atoms with van der Waals surface area (Å²) in [4.78, 5) is 24.3. The third-order valence-electron chi connectivity index (χ3n) is 11.2. The van der Waals surface area contributed by atoms with Gasteiger partial charge in [-0.3, -0.25) is 9.78 Å². The molecule has 4 heterocycles. The SMILES string of the molecule is CCC(C)(CC)C(=O)/C=C(\O)C(C)(CC)CC.Cc1c(CC(C)C)sc2ccc3sc4ncnc(-c5[c-]c6ccsc6c(C(C)(C)C)c5)c4c3c12.[Ir]. The van der Waals surface area contributed by atoms with Crippen LogP contribution >= 0.6 is 34.0 Å². The second-order valence-electron chi connectivity index (χ2n) is 16.0. The largest absolute Gasteiger partial charge is 0.512 e. The Morgan fingerprint density at radius 1 is 0.885 bits per heavy atom. The zero-order valence-electron chi connectivity index (χ0n) is 33.0. The first-order chi connectivity index (χ1) is 24.0. The van der Waals surface area contributed by atoms with E-state index in [4.69, 9.17) is 9.97 Å². The number of hydrogen-bond acceptors (Lipinski definition) is 7. The first-order valence-corrected chi connectivity index (χ1v) is 21.0. The van der Waals surface area contributed by atoms with Crippen molar-refractivity contribution < 1.29 is 30.0 Å². The van der Waals surface area contributed by atoms with E-state index in [1.165, 1.54) is 57.7 Å². The fourth-order valence-corrected chi connectivity index (χ4v) is 10.2. The summed E-state index contributed by atoms with van der Waals surface area (Å²) in [6.45, 7) is 25.8. The van der Waals surface area contributed by atoms with Crippen LogP contribution in [0, 0.1) is 29.7 Å². The molecule has 1 radical (unpaired) electrons. The van der Waals surface area contributed by atoms with E-state index >= 15 is 0 Å². The van der Waals surface area contributed by atoms with Gasteiger partial charge in [0.2, 0.25) is 0 Å². The maximum Gasteiger partial charge on any atom is 0.164 e. The van der Waals surface area contributed by atoms with E-state index in [1.807, 2.05) is 52.9 Å². The summed E-state index contributed by atoms with van der Waals surface area (Å²) in [7, 11) is 0. The first kappa shape index (κ1) is 42.3. The van der Waals surface area contributed by atoms with E-state index in [0.717, 1.165) is 48.2 Å². The van der Waals surface area contributed by atoms with Gasteiger partial charge < -0.3 is 5.11 Å². The number of aliphatic hydroxyl groups is 1. The van der Waals surface area contributed by atoms with Gasteiger partial charge in [-0.25, -0.2) is 4.98 Å². The molecular weight excluding hydrogens is 877 g/mol. The number of carbonyl (C=O) groups is 1. The van der Waals surface area contributed by atoms with E-state index in [0.29, 0.717) is 5.92 Å². The van der Waals surface area contributed by atoms with Gasteiger partial charge >= 0.3 is 0 Å². The van der Waals surface area contributed by atoms with Crippen LogP contribution in [-0.4, -0.2) is 20.9 Å². The van der Waals surface area contributed by atoms with Crippen molar-refractivity contribution in [2.24, 2.45) is 16.7 Å². The Morgan fingerprint density at radius 3 is 2.08 bits per heavy atom. The topological polar surface area (TPSA) is 63.1 Å². The maximum atomic E-state index is 12.2. The molecule has 0 saturated heterocycles. The number of ketones is 1. The number of aliphatic hydroxyl groups excluding tert-OH is 1. The zero-order valence-corrected chi connectivity index (χ0v) is 37.8. The molecule has 8 heteroatoms. The monoisotopic (exact) mass is 932 g/mol. The Hall–Kier alpha value is -2.48. The number of nitrogens with zero attached hydrogens (tertiary/aromatic N) is 2. The van der Waals surface area contributed by atoms with Crippen molar-refractivity contribution in [3.63, 3.8) is 0 Å². The van der Waals surface area contributed by atoms with E-state index in [9.17, 15) is 9.90 Å². The number of aromatic nitrogens is 2. The molecular formula is C44H55IrN2O2S3-. The molecule has 0 aliphatic carbocycles. The molecule has 0 spiro atoms. The molecule has 0 aliphatic heterocycles. The van der Waals surface area contributed by atoms with Crippen LogP contribution in [0.4, 0.5) is 0 Å². The summed E-state index contributed by atoms with van der Waals surface area (Å²) in [6.07, 6.45) is 7.59. The van der Waals surface area contributed by atoms with E-state index in [-0.39, 0.29) is 47.9 Å². The molecule has 0 fully saturated rings. The molecule has 1 N–H and O–H groups in total. The number of fused-ring (bicyclic) bond motifs is 6. The normalized spacial score (nSPS) is 12.9. The van der Waals surface area contributed by atoms with Crippen LogP contribution in [-0.2, 0) is 36.7 Å². The molecule has 0 atom stereocenters. The summed E-state index contributed by atoms with van der Waals surface area (Å²) in [5, 5.41) is 17.4. The van der Waals surface area contributed by atoms with Crippen LogP contribution in [0.15, 0.2) is 47.8 Å². The number of aryl methyl sites for hydroxylation is 1. The summed E-state index contributed by atoms with van der Waals surface area (Å²) in [5.74, 6) is 0.928. The number of carbonyl (C=O) groups excluding carboxylic acids is 1. The average Bonchev–Trinajstić information content (AvgIpc) is 3.81. The number of benzene rings is 2. The average molecular weight is 932 g/mol. The predicted octanol–water partition coefficient (Wildman–Crippen LogP) is 14.2. The van der Waals surface area contributed by atoms with Gasteiger partial charge in [-0.05, 0) is 78.1 Å². The summed E-state index contributed by atoms with van der Waals surface area (Å²) < 4.78 is 3.97. The Balaban J connectivity index is 0.000000289. The van der Waals surface area contributed by atoms with Crippen LogP contribution in [0.5, 0.6) is 0 Å². The maximum absolute atomic E-state index is 12.2. The first-order valence-electron chi connectivity index (χ1n) is 18.5. The number of thiophene rings is 3. The van der Waals surface area contributed by atoms with Crippen molar-refractivity contribution in [2.75, 3.05) is 0 Å². The molecule has 4 nitrogen and oxygen atoms in total. The van der Waals surface area contributed by atoms with Crippen molar-refractivity contribution in [3.8, 4) is 11.3 Å². The molecule has 0 unspecified atom stereocenters. The third kappa shape index (κ3) is 8.12. The molecule has 0 amide bonds. The smallest absolute Gasteiger partial charge is 0.164 e. The van der Waals surface area contributed by atoms with Gasteiger partial charge in [-0.1, -0.05) is 87.3 Å². The molecule has 0 saturated carbocycles. The minimum Gasteiger partial charge on any atom is -0.512 e. The number of allylic oxidation sites excluding steroid dienone is 2. The van der Waals surface area contributed by atoms with Gasteiger partial charge in [0.25, 0.3) is 0 Å². The Kier molecular flexibility index (Phi) is 13.4. The summed E-state index contributed by atoms with van der Waals surface area (Å²) >= 11 is 5.52. The standard InChI is InChI=1S/C29H27N2S3.C15H28O2.Ir/c1-15(2)11-22-16(3)23-20(33-22)7-8-21-24(23)25-26(30-14-31-28(25)34-21)18-12-17-9-10-32-27(17)19(13-18)29(4,5)6;1-7-14(5,8-2)12(16)11-13(17)15(6,9-3)10-4;/h7-10,13-15H,11H2,1-6H3;11,16H,7-10H2,1-6H3;/q-1;;/b;12-11-;. The predicted molar refractivity (Wildman–Crippen MR) is 225 cm³/mol. The third-order valence-corrected chi connectivity index (χ3v) is 14.4. The molecule has 6 rings (SSSR count). The molecule has 2 aromatic carbocycles. The molecule has 0 bridgehead atoms. The number of rotatable bonds is 10. The molecule has 0 aliphatic rings. The van der Waals surface area contributed by atoms with E-state index < -0.39 is 0 Å². The van der Waals surface area contributed by atoms with Crippen LogP contribution < -0.4 is 0 Å². The Morgan fingerprint density at radius 2 is 1.50 bits per heavy atom. The van der Waals surface area contributed by atoms with Crippen LogP contribution in [0.25, 0.3) is 51.7 Å². The summed E-state index contributed by atoms with van der Waals surface area (Å²) in [6, 6.07) is 12.8. The second kappa shape index (κ2) is 16.5. The zero-order chi connectivity index (χ0) is 37.5. The second-order valence-corrected chi connectivity index (χ2v) is 19.1. The van der Waals surface area contributed by atoms with Gasteiger partial charge in [0, 0.05) is 73.1 Å². The molecule has 4 aromatic heterocycles. The van der Waals surface area contributed by atoms with Crippen LogP contribution in [0.1, 0.15) is 118 Å². The molecule has 6 aromatic rings. The van der Waals surface area contributed by atoms with Crippen molar-refractivity contribution in [1.82, 2.24) is 9.97 Å². The van der Waals surface area contributed by atoms with Crippen molar-refractivity contribution in [1.29, 1.82) is 0 Å². The fraction of sp³-hybridized carbons (Fsp3) is 0.477. The van der Waals surface area contributed by atoms with E-state index in [2.05, 4.69) is 77.3 Å². The van der Waals surface area contributed by atoms with E-state index in [1.54, 1.807) is 29.0 Å². The van der Waals surface area contributed by atoms with Crippen molar-refractivity contribution in [2.45, 2.75) is 121 Å². The van der Waals surface area contributed by atoms with Crippen LogP contribution in [0.2, 0.25) is 0 Å². The van der Waals surface area contributed by atoms with Gasteiger partial charge in [0.05, 0.1) is 0 Å². The van der Waals surface area contributed by atoms with Crippen molar-refractivity contribution >= 4 is 80.3 Å². The van der Waals surface area contributed by atoms with Gasteiger partial charge in [0.1, 0.15) is 16.9 Å². The Bertz CT molecular complexity index is 2220. The molecule has 281 valence electrons. The quantitative estimate of drug-likeness (QED) is 0.0844.